The smallest absolute Gasteiger partial charge is 0.247 e. The number of nitrogens with one attached hydrogen (secondary N) is 2. The van der Waals surface area contributed by atoms with Crippen LogP contribution < -0.4 is 10.6 Å². The van der Waals surface area contributed by atoms with Gasteiger partial charge in [0.2, 0.25) is 11.9 Å². The van der Waals surface area contributed by atoms with Crippen molar-refractivity contribution in [1.29, 1.82) is 0 Å². The molecule has 0 saturated heterocycles. The molecule has 1 amide bonds. The molecule has 0 radical (unpaired) electrons. The zero-order valence-corrected chi connectivity index (χ0v) is 14.0. The van der Waals surface area contributed by atoms with Crippen molar-refractivity contribution in [3.05, 3.63) is 40.8 Å². The van der Waals surface area contributed by atoms with Crippen molar-refractivity contribution in [3.8, 4) is 0 Å². The molecule has 2 N–H and O–H groups in total. The molecule has 1 aliphatic rings. The van der Waals surface area contributed by atoms with Gasteiger partial charge in [-0.2, -0.15) is 9.50 Å². The molecule has 3 aromatic rings. The summed E-state index contributed by atoms with van der Waals surface area (Å²) in [6.45, 7) is 3.82. The Hall–Kier alpha value is -2.48. The summed E-state index contributed by atoms with van der Waals surface area (Å²) >= 11 is 3.33. The number of carbonyl (C=O) groups is 1. The summed E-state index contributed by atoms with van der Waals surface area (Å²) < 4.78 is 2.18. The van der Waals surface area contributed by atoms with Gasteiger partial charge in [-0.3, -0.25) is 4.79 Å². The van der Waals surface area contributed by atoms with Gasteiger partial charge in [0.05, 0.1) is 5.41 Å². The highest BCUT2D eigenvalue weighted by atomic mass is 79.9. The summed E-state index contributed by atoms with van der Waals surface area (Å²) in [6, 6.07) is 7.53. The van der Waals surface area contributed by atoms with Gasteiger partial charge in [-0.05, 0) is 47.5 Å². The van der Waals surface area contributed by atoms with Crippen LogP contribution in [0.25, 0.3) is 5.65 Å². The minimum Gasteiger partial charge on any atom is -0.325 e. The summed E-state index contributed by atoms with van der Waals surface area (Å²) in [5.41, 5.74) is 2.79. The van der Waals surface area contributed by atoms with Crippen LogP contribution in [-0.2, 0) is 10.2 Å². The van der Waals surface area contributed by atoms with Crippen LogP contribution in [0.15, 0.2) is 35.2 Å². The van der Waals surface area contributed by atoms with E-state index >= 15 is 0 Å². The first-order chi connectivity index (χ1) is 10.9. The second-order valence-corrected chi connectivity index (χ2v) is 6.59. The second-order valence-electron chi connectivity index (χ2n) is 5.88. The predicted molar refractivity (Wildman–Crippen MR) is 89.9 cm³/mol. The number of rotatable bonds is 2. The van der Waals surface area contributed by atoms with Crippen LogP contribution in [0.1, 0.15) is 19.4 Å². The standard InChI is InChI=1S/C15H13BrN6O/c1-15(2)9-4-3-8(7-10(9)19-12(15)23)18-14-20-11-5-6-17-13(16)22(11)21-14/h3-7H,1-2H3,(H,18,21)(H,19,23). The number of carbonyl (C=O) groups excluding carboxylic acids is 1. The minimum atomic E-state index is -0.508. The van der Waals surface area contributed by atoms with Crippen LogP contribution in [0.2, 0.25) is 0 Å². The zero-order valence-electron chi connectivity index (χ0n) is 12.5. The van der Waals surface area contributed by atoms with E-state index in [2.05, 4.69) is 41.6 Å². The Labute approximate surface area is 140 Å². The summed E-state index contributed by atoms with van der Waals surface area (Å²) in [6.07, 6.45) is 1.66. The Balaban J connectivity index is 1.68. The lowest BCUT2D eigenvalue weighted by atomic mass is 9.86. The largest absolute Gasteiger partial charge is 0.325 e. The number of benzene rings is 1. The minimum absolute atomic E-state index is 0.00510. The molecule has 2 aromatic heterocycles. The van der Waals surface area contributed by atoms with Gasteiger partial charge in [-0.25, -0.2) is 4.98 Å². The number of anilines is 3. The molecule has 0 saturated carbocycles. The third kappa shape index (κ3) is 2.17. The van der Waals surface area contributed by atoms with Crippen molar-refractivity contribution >= 4 is 44.8 Å². The van der Waals surface area contributed by atoms with E-state index in [1.54, 1.807) is 16.8 Å². The highest BCUT2D eigenvalue weighted by Crippen LogP contribution is 2.38. The highest BCUT2D eigenvalue weighted by molar-refractivity contribution is 9.10. The summed E-state index contributed by atoms with van der Waals surface area (Å²) in [4.78, 5) is 20.5. The molecule has 1 aromatic carbocycles. The van der Waals surface area contributed by atoms with Crippen LogP contribution in [0, 0.1) is 0 Å². The van der Waals surface area contributed by atoms with Crippen LogP contribution in [0.5, 0.6) is 0 Å². The van der Waals surface area contributed by atoms with Gasteiger partial charge in [0.1, 0.15) is 0 Å². The van der Waals surface area contributed by atoms with E-state index in [4.69, 9.17) is 0 Å². The molecule has 7 nitrogen and oxygen atoms in total. The van der Waals surface area contributed by atoms with Crippen molar-refractivity contribution in [1.82, 2.24) is 19.6 Å². The third-order valence-electron chi connectivity index (χ3n) is 3.98. The van der Waals surface area contributed by atoms with E-state index in [9.17, 15) is 4.79 Å². The quantitative estimate of drug-likeness (QED) is 0.675. The molecule has 0 atom stereocenters. The fourth-order valence-electron chi connectivity index (χ4n) is 2.64. The number of hydrogen-bond acceptors (Lipinski definition) is 5. The predicted octanol–water partition coefficient (Wildman–Crippen LogP) is 2.86. The third-order valence-corrected chi connectivity index (χ3v) is 4.52. The topological polar surface area (TPSA) is 84.2 Å². The van der Waals surface area contributed by atoms with Gasteiger partial charge in [-0.1, -0.05) is 6.07 Å². The molecular weight excluding hydrogens is 360 g/mol. The molecule has 1 aliphatic heterocycles. The number of halogens is 1. The second kappa shape index (κ2) is 4.76. The van der Waals surface area contributed by atoms with Crippen molar-refractivity contribution in [2.45, 2.75) is 19.3 Å². The van der Waals surface area contributed by atoms with E-state index in [-0.39, 0.29) is 5.91 Å². The van der Waals surface area contributed by atoms with Gasteiger partial charge in [0.25, 0.3) is 0 Å². The maximum Gasteiger partial charge on any atom is 0.247 e. The highest BCUT2D eigenvalue weighted by Gasteiger charge is 2.38. The Morgan fingerprint density at radius 1 is 1.30 bits per heavy atom. The summed E-state index contributed by atoms with van der Waals surface area (Å²) in [7, 11) is 0. The Morgan fingerprint density at radius 2 is 2.13 bits per heavy atom. The average Bonchev–Trinajstić information content (AvgIpc) is 2.99. The Morgan fingerprint density at radius 3 is 2.91 bits per heavy atom. The Bertz CT molecular complexity index is 948. The first kappa shape index (κ1) is 14.1. The molecule has 4 rings (SSSR count). The fraction of sp³-hybridized carbons (Fsp3) is 0.200. The van der Waals surface area contributed by atoms with E-state index in [0.717, 1.165) is 16.9 Å². The lowest BCUT2D eigenvalue weighted by molar-refractivity contribution is -0.119. The van der Waals surface area contributed by atoms with Crippen LogP contribution >= 0.6 is 15.9 Å². The number of fused-ring (bicyclic) bond motifs is 2. The van der Waals surface area contributed by atoms with Gasteiger partial charge in [-0.15, -0.1) is 5.10 Å². The monoisotopic (exact) mass is 372 g/mol. The van der Waals surface area contributed by atoms with Gasteiger partial charge < -0.3 is 10.6 Å². The lowest BCUT2D eigenvalue weighted by Crippen LogP contribution is -2.26. The molecule has 0 bridgehead atoms. The number of aromatic nitrogens is 4. The maximum absolute atomic E-state index is 12.0. The molecule has 0 fully saturated rings. The van der Waals surface area contributed by atoms with Crippen molar-refractivity contribution in [3.63, 3.8) is 0 Å². The zero-order chi connectivity index (χ0) is 16.2. The van der Waals surface area contributed by atoms with Gasteiger partial charge >= 0.3 is 0 Å². The summed E-state index contributed by atoms with van der Waals surface area (Å²) in [5.74, 6) is 0.466. The molecule has 3 heterocycles. The SMILES string of the molecule is CC1(C)C(=O)Nc2cc(Nc3nc4ccnc(Br)n4n3)ccc21. The molecule has 23 heavy (non-hydrogen) atoms. The molecule has 0 aliphatic carbocycles. The molecule has 0 unspecified atom stereocenters. The molecule has 0 spiro atoms. The van der Waals surface area contributed by atoms with E-state index in [0.29, 0.717) is 16.3 Å². The van der Waals surface area contributed by atoms with Crippen LogP contribution in [0.3, 0.4) is 0 Å². The average molecular weight is 373 g/mol. The van der Waals surface area contributed by atoms with Crippen LogP contribution in [-0.4, -0.2) is 25.5 Å². The van der Waals surface area contributed by atoms with Crippen molar-refractivity contribution in [2.24, 2.45) is 0 Å². The first-order valence-electron chi connectivity index (χ1n) is 7.05. The van der Waals surface area contributed by atoms with Gasteiger partial charge in [0, 0.05) is 23.6 Å². The Kier molecular flexibility index (Phi) is 2.92. The molecule has 8 heteroatoms. The summed E-state index contributed by atoms with van der Waals surface area (Å²) in [5, 5.41) is 10.4. The maximum atomic E-state index is 12.0. The van der Waals surface area contributed by atoms with Crippen molar-refractivity contribution < 1.29 is 4.79 Å². The number of nitrogens with zero attached hydrogens (tertiary/aromatic N) is 4. The van der Waals surface area contributed by atoms with E-state index in [1.165, 1.54) is 0 Å². The van der Waals surface area contributed by atoms with Crippen molar-refractivity contribution in [2.75, 3.05) is 10.6 Å². The molecule has 116 valence electrons. The van der Waals surface area contributed by atoms with Gasteiger partial charge in [0.15, 0.2) is 10.4 Å². The van der Waals surface area contributed by atoms with Crippen LogP contribution in [0.4, 0.5) is 17.3 Å². The number of hydrogen-bond donors (Lipinski definition) is 2. The van der Waals surface area contributed by atoms with E-state index in [1.807, 2.05) is 32.0 Å². The fourth-order valence-corrected chi connectivity index (χ4v) is 3.02. The normalized spacial score (nSPS) is 15.5. The first-order valence-corrected chi connectivity index (χ1v) is 7.85. The van der Waals surface area contributed by atoms with E-state index < -0.39 is 5.41 Å². The lowest BCUT2D eigenvalue weighted by Gasteiger charge is -2.14. The molecular formula is C15H13BrN6O. The number of amides is 1.